The molecule has 0 bridgehead atoms. The first-order valence-electron chi connectivity index (χ1n) is 8.88. The van der Waals surface area contributed by atoms with Crippen molar-refractivity contribution in [3.05, 3.63) is 0 Å². The Bertz CT molecular complexity index is 432. The number of likely N-dealkylation sites (tertiary alicyclic amines) is 3. The van der Waals surface area contributed by atoms with Gasteiger partial charge in [0.05, 0.1) is 5.92 Å². The maximum Gasteiger partial charge on any atom is 0.228 e. The lowest BCUT2D eigenvalue weighted by atomic mass is 10.0. The number of carbonyl (C=O) groups is 2. The van der Waals surface area contributed by atoms with Crippen molar-refractivity contribution in [1.29, 1.82) is 0 Å². The van der Waals surface area contributed by atoms with Crippen LogP contribution in [-0.2, 0) is 9.59 Å². The van der Waals surface area contributed by atoms with E-state index >= 15 is 0 Å². The van der Waals surface area contributed by atoms with Crippen LogP contribution in [0.2, 0.25) is 0 Å². The van der Waals surface area contributed by atoms with Gasteiger partial charge in [-0.25, -0.2) is 0 Å². The minimum absolute atomic E-state index is 0.118. The van der Waals surface area contributed by atoms with Crippen molar-refractivity contribution in [1.82, 2.24) is 14.7 Å². The zero-order chi connectivity index (χ0) is 15.7. The molecule has 5 nitrogen and oxygen atoms in total. The van der Waals surface area contributed by atoms with Crippen LogP contribution in [0.3, 0.4) is 0 Å². The third-order valence-electron chi connectivity index (χ3n) is 5.50. The number of nitrogens with zero attached hydrogens (tertiary/aromatic N) is 3. The van der Waals surface area contributed by atoms with Crippen LogP contribution in [0.25, 0.3) is 0 Å². The van der Waals surface area contributed by atoms with Gasteiger partial charge >= 0.3 is 0 Å². The van der Waals surface area contributed by atoms with Crippen molar-refractivity contribution in [3.8, 4) is 0 Å². The first-order valence-corrected chi connectivity index (χ1v) is 8.88. The highest BCUT2D eigenvalue weighted by atomic mass is 16.2. The first kappa shape index (κ1) is 15.8. The third kappa shape index (κ3) is 3.14. The Morgan fingerprint density at radius 3 is 2.45 bits per heavy atom. The number of rotatable bonds is 3. The molecule has 0 aromatic rings. The van der Waals surface area contributed by atoms with Crippen molar-refractivity contribution in [2.24, 2.45) is 5.92 Å². The Balaban J connectivity index is 1.59. The van der Waals surface area contributed by atoms with Crippen molar-refractivity contribution >= 4 is 11.8 Å². The maximum absolute atomic E-state index is 12.8. The summed E-state index contributed by atoms with van der Waals surface area (Å²) in [5, 5.41) is 0. The molecule has 0 saturated carbocycles. The van der Waals surface area contributed by atoms with E-state index in [9.17, 15) is 9.59 Å². The average Bonchev–Trinajstić information content (AvgIpc) is 3.16. The minimum atomic E-state index is -0.118. The molecule has 2 unspecified atom stereocenters. The highest BCUT2D eigenvalue weighted by Gasteiger charge is 2.39. The molecule has 3 aliphatic rings. The molecule has 5 heteroatoms. The summed E-state index contributed by atoms with van der Waals surface area (Å²) >= 11 is 0. The van der Waals surface area contributed by atoms with Gasteiger partial charge in [-0.1, -0.05) is 0 Å². The second-order valence-electron chi connectivity index (χ2n) is 7.36. The normalized spacial score (nSPS) is 30.6. The number of hydrogen-bond acceptors (Lipinski definition) is 3. The molecule has 0 spiro atoms. The highest BCUT2D eigenvalue weighted by molar-refractivity contribution is 5.89. The summed E-state index contributed by atoms with van der Waals surface area (Å²) in [6.45, 7) is 8.77. The van der Waals surface area contributed by atoms with Crippen LogP contribution in [0.15, 0.2) is 0 Å². The minimum Gasteiger partial charge on any atom is -0.341 e. The lowest BCUT2D eigenvalue weighted by Gasteiger charge is -2.38. The molecule has 124 valence electrons. The van der Waals surface area contributed by atoms with Gasteiger partial charge in [0.15, 0.2) is 0 Å². The highest BCUT2D eigenvalue weighted by Crippen LogP contribution is 2.26. The second kappa shape index (κ2) is 6.57. The molecular formula is C17H29N3O2. The average molecular weight is 307 g/mol. The summed E-state index contributed by atoms with van der Waals surface area (Å²) in [5.74, 6) is 0.231. The SMILES string of the molecule is CC(C)N1CC(C(=O)N2CCCC(N3CCCC3)C2)CC1=O. The topological polar surface area (TPSA) is 43.9 Å². The van der Waals surface area contributed by atoms with E-state index in [0.29, 0.717) is 19.0 Å². The predicted molar refractivity (Wildman–Crippen MR) is 85.4 cm³/mol. The molecule has 0 aromatic heterocycles. The van der Waals surface area contributed by atoms with Crippen LogP contribution in [0.1, 0.15) is 46.0 Å². The van der Waals surface area contributed by atoms with Crippen molar-refractivity contribution in [3.63, 3.8) is 0 Å². The molecule has 3 heterocycles. The van der Waals surface area contributed by atoms with Gasteiger partial charge < -0.3 is 9.80 Å². The lowest BCUT2D eigenvalue weighted by Crippen LogP contribution is -2.50. The number of amides is 2. The van der Waals surface area contributed by atoms with Crippen LogP contribution in [0, 0.1) is 5.92 Å². The molecule has 3 aliphatic heterocycles. The molecule has 22 heavy (non-hydrogen) atoms. The van der Waals surface area contributed by atoms with Gasteiger partial charge in [0.25, 0.3) is 0 Å². The van der Waals surface area contributed by atoms with Crippen LogP contribution >= 0.6 is 0 Å². The fourth-order valence-electron chi connectivity index (χ4n) is 4.21. The Hall–Kier alpha value is -1.10. The molecule has 0 aliphatic carbocycles. The van der Waals surface area contributed by atoms with E-state index in [2.05, 4.69) is 4.90 Å². The molecule has 2 atom stereocenters. The standard InChI is InChI=1S/C17H29N3O2/c1-13(2)20-11-14(10-16(20)21)17(22)19-9-5-6-15(12-19)18-7-3-4-8-18/h13-15H,3-12H2,1-2H3. The Morgan fingerprint density at radius 2 is 1.82 bits per heavy atom. The third-order valence-corrected chi connectivity index (χ3v) is 5.50. The first-order chi connectivity index (χ1) is 10.6. The lowest BCUT2D eigenvalue weighted by molar-refractivity contribution is -0.137. The van der Waals surface area contributed by atoms with Gasteiger partial charge in [-0.15, -0.1) is 0 Å². The van der Waals surface area contributed by atoms with E-state index in [0.717, 1.165) is 19.5 Å². The molecule has 0 N–H and O–H groups in total. The number of piperidine rings is 1. The van der Waals surface area contributed by atoms with E-state index in [4.69, 9.17) is 0 Å². The van der Waals surface area contributed by atoms with Gasteiger partial charge in [0.1, 0.15) is 0 Å². The van der Waals surface area contributed by atoms with Crippen LogP contribution in [0.4, 0.5) is 0 Å². The quantitative estimate of drug-likeness (QED) is 0.790. The van der Waals surface area contributed by atoms with E-state index < -0.39 is 0 Å². The predicted octanol–water partition coefficient (Wildman–Crippen LogP) is 1.33. The van der Waals surface area contributed by atoms with Crippen LogP contribution < -0.4 is 0 Å². The zero-order valence-corrected chi connectivity index (χ0v) is 14.0. The molecule has 0 radical (unpaired) electrons. The fraction of sp³-hybridized carbons (Fsp3) is 0.882. The summed E-state index contributed by atoms with van der Waals surface area (Å²) in [5.41, 5.74) is 0. The van der Waals surface area contributed by atoms with Crippen LogP contribution in [0.5, 0.6) is 0 Å². The van der Waals surface area contributed by atoms with E-state index in [1.54, 1.807) is 0 Å². The van der Waals surface area contributed by atoms with Gasteiger partial charge in [0, 0.05) is 38.1 Å². The second-order valence-corrected chi connectivity index (χ2v) is 7.36. The number of carbonyl (C=O) groups excluding carboxylic acids is 2. The smallest absolute Gasteiger partial charge is 0.228 e. The molecule has 3 fully saturated rings. The summed E-state index contributed by atoms with van der Waals surface area (Å²) in [6.07, 6.45) is 5.31. The van der Waals surface area contributed by atoms with E-state index in [1.807, 2.05) is 23.6 Å². The molecule has 0 aromatic carbocycles. The summed E-state index contributed by atoms with van der Waals surface area (Å²) in [7, 11) is 0. The Labute approximate surface area is 133 Å². The Kier molecular flexibility index (Phi) is 4.71. The maximum atomic E-state index is 12.8. The van der Waals surface area contributed by atoms with Gasteiger partial charge in [-0.3, -0.25) is 14.5 Å². The summed E-state index contributed by atoms with van der Waals surface area (Å²) in [4.78, 5) is 31.3. The summed E-state index contributed by atoms with van der Waals surface area (Å²) in [6, 6.07) is 0.738. The van der Waals surface area contributed by atoms with E-state index in [-0.39, 0.29) is 23.8 Å². The van der Waals surface area contributed by atoms with Crippen LogP contribution in [-0.4, -0.2) is 71.3 Å². The van der Waals surface area contributed by atoms with Gasteiger partial charge in [-0.05, 0) is 52.6 Å². The number of hydrogen-bond donors (Lipinski definition) is 0. The zero-order valence-electron chi connectivity index (χ0n) is 14.0. The van der Waals surface area contributed by atoms with E-state index in [1.165, 1.54) is 32.4 Å². The molecule has 2 amide bonds. The van der Waals surface area contributed by atoms with Crippen molar-refractivity contribution in [2.45, 2.75) is 58.0 Å². The van der Waals surface area contributed by atoms with Gasteiger partial charge in [0.2, 0.25) is 11.8 Å². The van der Waals surface area contributed by atoms with Crippen molar-refractivity contribution in [2.75, 3.05) is 32.7 Å². The monoisotopic (exact) mass is 307 g/mol. The summed E-state index contributed by atoms with van der Waals surface area (Å²) < 4.78 is 0. The fourth-order valence-corrected chi connectivity index (χ4v) is 4.21. The van der Waals surface area contributed by atoms with Crippen molar-refractivity contribution < 1.29 is 9.59 Å². The molecule has 3 rings (SSSR count). The molecule has 3 saturated heterocycles. The van der Waals surface area contributed by atoms with Gasteiger partial charge in [-0.2, -0.15) is 0 Å². The Morgan fingerprint density at radius 1 is 1.09 bits per heavy atom. The largest absolute Gasteiger partial charge is 0.341 e. The molecular weight excluding hydrogens is 278 g/mol.